The van der Waals surface area contributed by atoms with Gasteiger partial charge in [-0.1, -0.05) is 48.9 Å². The molecule has 0 aliphatic carbocycles. The standard InChI is InChI=1S/C31H39N3O4S2/c1-7-24(4)32-31(36)25(5)33(20-26-11-9-8-10-23(26)3)30(35)21-34(27-14-12-22(2)13-15-27)40(37,38)29-18-16-28(39-6)17-19-29/h8-19,24-25H,7,20-21H2,1-6H3,(H,32,36)/t24-,25+/m1/s1. The van der Waals surface area contributed by atoms with Gasteiger partial charge in [-0.3, -0.25) is 13.9 Å². The van der Waals surface area contributed by atoms with Gasteiger partial charge < -0.3 is 10.2 Å². The Kier molecular flexibility index (Phi) is 10.8. The van der Waals surface area contributed by atoms with E-state index in [1.54, 1.807) is 43.3 Å². The molecule has 2 atom stereocenters. The lowest BCUT2D eigenvalue weighted by atomic mass is 10.1. The van der Waals surface area contributed by atoms with Gasteiger partial charge in [-0.2, -0.15) is 0 Å². The maximum absolute atomic E-state index is 14.0. The van der Waals surface area contributed by atoms with Crippen molar-refractivity contribution in [3.63, 3.8) is 0 Å². The SMILES string of the molecule is CC[C@@H](C)NC(=O)[C@H](C)N(Cc1ccccc1C)C(=O)CN(c1ccc(C)cc1)S(=O)(=O)c1ccc(SC)cc1. The molecule has 3 aromatic rings. The van der Waals surface area contributed by atoms with E-state index in [2.05, 4.69) is 5.32 Å². The number of thioether (sulfide) groups is 1. The number of benzene rings is 3. The molecule has 0 aliphatic heterocycles. The highest BCUT2D eigenvalue weighted by Gasteiger charge is 2.33. The first kappa shape index (κ1) is 31.2. The van der Waals surface area contributed by atoms with Gasteiger partial charge in [0, 0.05) is 17.5 Å². The van der Waals surface area contributed by atoms with Crippen molar-refractivity contribution in [1.82, 2.24) is 10.2 Å². The smallest absolute Gasteiger partial charge is 0.264 e. The van der Waals surface area contributed by atoms with Crippen LogP contribution in [0.25, 0.3) is 0 Å². The highest BCUT2D eigenvalue weighted by atomic mass is 32.2. The van der Waals surface area contributed by atoms with Crippen LogP contribution < -0.4 is 9.62 Å². The molecule has 0 saturated carbocycles. The molecule has 0 unspecified atom stereocenters. The van der Waals surface area contributed by atoms with Gasteiger partial charge in [0.05, 0.1) is 10.6 Å². The molecule has 0 aromatic heterocycles. The van der Waals surface area contributed by atoms with Crippen LogP contribution in [-0.2, 0) is 26.2 Å². The fourth-order valence-corrected chi connectivity index (χ4v) is 5.96. The van der Waals surface area contributed by atoms with Gasteiger partial charge >= 0.3 is 0 Å². The van der Waals surface area contributed by atoms with Crippen LogP contribution in [0.1, 0.15) is 43.9 Å². The normalized spacial score (nSPS) is 12.8. The number of carbonyl (C=O) groups is 2. The van der Waals surface area contributed by atoms with E-state index in [9.17, 15) is 18.0 Å². The fourth-order valence-electron chi connectivity index (χ4n) is 4.13. The number of sulfonamides is 1. The highest BCUT2D eigenvalue weighted by molar-refractivity contribution is 7.98. The lowest BCUT2D eigenvalue weighted by Gasteiger charge is -2.32. The molecule has 2 amide bonds. The summed E-state index contributed by atoms with van der Waals surface area (Å²) in [7, 11) is -4.09. The van der Waals surface area contributed by atoms with Crippen molar-refractivity contribution >= 4 is 39.3 Å². The zero-order valence-corrected chi connectivity index (χ0v) is 25.7. The van der Waals surface area contributed by atoms with Crippen LogP contribution in [0, 0.1) is 13.8 Å². The second-order valence-electron chi connectivity index (χ2n) is 9.96. The van der Waals surface area contributed by atoms with Crippen LogP contribution in [0.2, 0.25) is 0 Å². The van der Waals surface area contributed by atoms with E-state index in [4.69, 9.17) is 0 Å². The molecule has 7 nitrogen and oxygen atoms in total. The topological polar surface area (TPSA) is 86.8 Å². The van der Waals surface area contributed by atoms with E-state index in [0.717, 1.165) is 32.3 Å². The van der Waals surface area contributed by atoms with Crippen molar-refractivity contribution in [2.45, 2.75) is 69.5 Å². The first-order valence-electron chi connectivity index (χ1n) is 13.4. The van der Waals surface area contributed by atoms with Crippen molar-refractivity contribution in [3.8, 4) is 0 Å². The predicted octanol–water partition coefficient (Wildman–Crippen LogP) is 5.55. The largest absolute Gasteiger partial charge is 0.352 e. The molecule has 0 saturated heterocycles. The summed E-state index contributed by atoms with van der Waals surface area (Å²) >= 11 is 1.52. The minimum absolute atomic E-state index is 0.0564. The number of nitrogens with one attached hydrogen (secondary N) is 1. The average molecular weight is 582 g/mol. The summed E-state index contributed by atoms with van der Waals surface area (Å²) < 4.78 is 29.0. The molecule has 3 rings (SSSR count). The number of nitrogens with zero attached hydrogens (tertiary/aromatic N) is 2. The van der Waals surface area contributed by atoms with Crippen LogP contribution in [0.5, 0.6) is 0 Å². The van der Waals surface area contributed by atoms with E-state index >= 15 is 0 Å². The number of carbonyl (C=O) groups excluding carboxylic acids is 2. The molecule has 214 valence electrons. The van der Waals surface area contributed by atoms with Crippen molar-refractivity contribution in [2.24, 2.45) is 0 Å². The summed E-state index contributed by atoms with van der Waals surface area (Å²) in [5.41, 5.74) is 3.21. The molecular formula is C31H39N3O4S2. The third-order valence-electron chi connectivity index (χ3n) is 7.02. The summed E-state index contributed by atoms with van der Waals surface area (Å²) in [4.78, 5) is 29.7. The molecule has 0 fully saturated rings. The molecule has 1 N–H and O–H groups in total. The zero-order valence-electron chi connectivity index (χ0n) is 24.0. The lowest BCUT2D eigenvalue weighted by Crippen LogP contribution is -2.52. The minimum atomic E-state index is -4.09. The van der Waals surface area contributed by atoms with Gasteiger partial charge in [0.1, 0.15) is 12.6 Å². The van der Waals surface area contributed by atoms with E-state index in [0.29, 0.717) is 5.69 Å². The molecule has 9 heteroatoms. The predicted molar refractivity (Wildman–Crippen MR) is 163 cm³/mol. The Labute approximate surface area is 243 Å². The molecule has 0 radical (unpaired) electrons. The van der Waals surface area contributed by atoms with Gasteiger partial charge in [-0.15, -0.1) is 11.8 Å². The number of rotatable bonds is 12. The first-order valence-corrected chi connectivity index (χ1v) is 16.0. The summed E-state index contributed by atoms with van der Waals surface area (Å²) in [6.07, 6.45) is 2.67. The number of amides is 2. The second-order valence-corrected chi connectivity index (χ2v) is 12.7. The molecule has 0 heterocycles. The lowest BCUT2D eigenvalue weighted by molar-refractivity contribution is -0.139. The Hall–Kier alpha value is -3.30. The van der Waals surface area contributed by atoms with Gasteiger partial charge in [-0.05, 0) is 87.9 Å². The minimum Gasteiger partial charge on any atom is -0.352 e. The molecule has 40 heavy (non-hydrogen) atoms. The van der Waals surface area contributed by atoms with Crippen molar-refractivity contribution < 1.29 is 18.0 Å². The van der Waals surface area contributed by atoms with Crippen molar-refractivity contribution in [2.75, 3.05) is 17.1 Å². The van der Waals surface area contributed by atoms with Crippen LogP contribution in [0.4, 0.5) is 5.69 Å². The summed E-state index contributed by atoms with van der Waals surface area (Å²) in [5, 5.41) is 2.96. The van der Waals surface area contributed by atoms with Gasteiger partial charge in [0.15, 0.2) is 0 Å². The summed E-state index contributed by atoms with van der Waals surface area (Å²) in [5.74, 6) is -0.756. The Morgan fingerprint density at radius 1 is 0.925 bits per heavy atom. The molecule has 0 bridgehead atoms. The fraction of sp³-hybridized carbons (Fsp3) is 0.355. The van der Waals surface area contributed by atoms with Gasteiger partial charge in [0.2, 0.25) is 11.8 Å². The maximum Gasteiger partial charge on any atom is 0.264 e. The third-order valence-corrected chi connectivity index (χ3v) is 9.55. The Morgan fingerprint density at radius 2 is 1.55 bits per heavy atom. The second kappa shape index (κ2) is 13.9. The van der Waals surface area contributed by atoms with Crippen LogP contribution in [-0.4, -0.2) is 50.0 Å². The third kappa shape index (κ3) is 7.67. The highest BCUT2D eigenvalue weighted by Crippen LogP contribution is 2.26. The van der Waals surface area contributed by atoms with Crippen molar-refractivity contribution in [1.29, 1.82) is 0 Å². The van der Waals surface area contributed by atoms with Crippen LogP contribution in [0.15, 0.2) is 82.6 Å². The molecule has 0 spiro atoms. The quantitative estimate of drug-likeness (QED) is 0.283. The number of hydrogen-bond donors (Lipinski definition) is 1. The van der Waals surface area contributed by atoms with Gasteiger partial charge in [0.25, 0.3) is 10.0 Å². The number of hydrogen-bond acceptors (Lipinski definition) is 5. The van der Waals surface area contributed by atoms with Crippen molar-refractivity contribution in [3.05, 3.63) is 89.5 Å². The zero-order chi connectivity index (χ0) is 29.4. The van der Waals surface area contributed by atoms with E-state index in [1.807, 2.05) is 70.3 Å². The van der Waals surface area contributed by atoms with E-state index < -0.39 is 28.5 Å². The maximum atomic E-state index is 14.0. The number of aryl methyl sites for hydroxylation is 2. The first-order chi connectivity index (χ1) is 19.0. The Balaban J connectivity index is 2.03. The van der Waals surface area contributed by atoms with E-state index in [-0.39, 0.29) is 23.4 Å². The Morgan fingerprint density at radius 3 is 2.12 bits per heavy atom. The van der Waals surface area contributed by atoms with E-state index in [1.165, 1.54) is 16.7 Å². The van der Waals surface area contributed by atoms with Gasteiger partial charge in [-0.25, -0.2) is 8.42 Å². The molecule has 0 aliphatic rings. The summed E-state index contributed by atoms with van der Waals surface area (Å²) in [6.45, 7) is 9.14. The molecular weight excluding hydrogens is 542 g/mol. The van der Waals surface area contributed by atoms with Crippen LogP contribution >= 0.6 is 11.8 Å². The Bertz CT molecular complexity index is 1410. The monoisotopic (exact) mass is 581 g/mol. The average Bonchev–Trinajstić information content (AvgIpc) is 2.95. The van der Waals surface area contributed by atoms with Crippen LogP contribution in [0.3, 0.4) is 0 Å². The molecule has 3 aromatic carbocycles. The number of anilines is 1. The summed E-state index contributed by atoms with van der Waals surface area (Å²) in [6, 6.07) is 20.4.